The van der Waals surface area contributed by atoms with Gasteiger partial charge in [-0.1, -0.05) is 18.2 Å². The highest BCUT2D eigenvalue weighted by atomic mass is 16.5. The minimum absolute atomic E-state index is 0.0491. The van der Waals surface area contributed by atoms with E-state index in [-0.39, 0.29) is 41.0 Å². The summed E-state index contributed by atoms with van der Waals surface area (Å²) in [6.07, 6.45) is 3.15. The number of phenolic OH excluding ortho intramolecular Hbond substituents is 1. The van der Waals surface area contributed by atoms with Crippen LogP contribution in [0.2, 0.25) is 0 Å². The summed E-state index contributed by atoms with van der Waals surface area (Å²) < 4.78 is 21.2. The molecule has 0 radical (unpaired) electrons. The van der Waals surface area contributed by atoms with Gasteiger partial charge in [-0.3, -0.25) is 0 Å². The normalized spacial score (nSPS) is 14.9. The van der Waals surface area contributed by atoms with Crippen LogP contribution in [0.1, 0.15) is 56.1 Å². The van der Waals surface area contributed by atoms with Crippen LogP contribution in [0.3, 0.4) is 0 Å². The van der Waals surface area contributed by atoms with E-state index in [2.05, 4.69) is 42.7 Å². The largest absolute Gasteiger partial charge is 0.504 e. The molecular formula is C28H30N2O5. The maximum absolute atomic E-state index is 12.7. The molecule has 2 aromatic heterocycles. The fourth-order valence-electron chi connectivity index (χ4n) is 4.81. The van der Waals surface area contributed by atoms with E-state index in [1.165, 1.54) is 4.57 Å². The molecule has 35 heavy (non-hydrogen) atoms. The zero-order valence-corrected chi connectivity index (χ0v) is 20.8. The number of oxazole rings is 1. The Hall–Kier alpha value is -3.87. The van der Waals surface area contributed by atoms with Crippen LogP contribution in [0.25, 0.3) is 23.0 Å². The second kappa shape index (κ2) is 8.41. The monoisotopic (exact) mass is 474 g/mol. The Labute approximate surface area is 203 Å². The molecule has 1 unspecified atom stereocenters. The van der Waals surface area contributed by atoms with Crippen molar-refractivity contribution in [1.82, 2.24) is 9.13 Å². The highest BCUT2D eigenvalue weighted by Crippen LogP contribution is 2.52. The minimum atomic E-state index is -0.542. The van der Waals surface area contributed by atoms with Crippen molar-refractivity contribution in [1.29, 1.82) is 0 Å². The first-order valence-corrected chi connectivity index (χ1v) is 11.9. The number of allylic oxidation sites excluding steroid dienone is 1. The number of aromatic nitrogens is 2. The third-order valence-electron chi connectivity index (χ3n) is 6.21. The van der Waals surface area contributed by atoms with Crippen LogP contribution in [0.15, 0.2) is 51.7 Å². The smallest absolute Gasteiger partial charge is 0.424 e. The van der Waals surface area contributed by atoms with Crippen LogP contribution >= 0.6 is 0 Å². The molecule has 4 aromatic rings. The van der Waals surface area contributed by atoms with E-state index in [0.717, 1.165) is 22.6 Å². The standard InChI is InChI=1S/C28H30N2O5/c1-15(2)33-26-24(31)22-21(19-9-11-20(12-10-19)30-17(5)7-8-18(30)6)13-14-29-23(22)25(35-28(29)32)27(26)34-16(3)4/h7-16,21,31H,1-6H3. The summed E-state index contributed by atoms with van der Waals surface area (Å²) in [7, 11) is 0. The van der Waals surface area contributed by atoms with Crippen LogP contribution in [0, 0.1) is 13.8 Å². The van der Waals surface area contributed by atoms with Gasteiger partial charge in [-0.15, -0.1) is 0 Å². The number of hydrogen-bond acceptors (Lipinski definition) is 5. The number of aromatic hydroxyl groups is 1. The summed E-state index contributed by atoms with van der Waals surface area (Å²) in [5.74, 6) is -0.471. The Balaban J connectivity index is 1.70. The molecule has 2 aromatic carbocycles. The topological polar surface area (TPSA) is 78.8 Å². The third kappa shape index (κ3) is 3.71. The summed E-state index contributed by atoms with van der Waals surface area (Å²) in [5.41, 5.74) is 5.67. The van der Waals surface area contributed by atoms with Gasteiger partial charge in [0.05, 0.1) is 12.2 Å². The first-order valence-electron chi connectivity index (χ1n) is 11.9. The molecule has 7 heteroatoms. The molecule has 1 aliphatic rings. The van der Waals surface area contributed by atoms with E-state index < -0.39 is 5.76 Å². The van der Waals surface area contributed by atoms with Crippen molar-refractivity contribution in [2.24, 2.45) is 0 Å². The van der Waals surface area contributed by atoms with Crippen LogP contribution in [0.4, 0.5) is 0 Å². The number of rotatable bonds is 6. The van der Waals surface area contributed by atoms with E-state index >= 15 is 0 Å². The van der Waals surface area contributed by atoms with E-state index in [0.29, 0.717) is 11.1 Å². The molecule has 182 valence electrons. The van der Waals surface area contributed by atoms with Gasteiger partial charge >= 0.3 is 5.76 Å². The maximum Gasteiger partial charge on any atom is 0.424 e. The number of phenols is 1. The molecule has 0 aliphatic carbocycles. The van der Waals surface area contributed by atoms with Crippen molar-refractivity contribution in [2.75, 3.05) is 0 Å². The lowest BCUT2D eigenvalue weighted by atomic mass is 9.87. The van der Waals surface area contributed by atoms with Gasteiger partial charge < -0.3 is 23.6 Å². The average molecular weight is 475 g/mol. The van der Waals surface area contributed by atoms with Gasteiger partial charge in [0.1, 0.15) is 5.52 Å². The molecule has 0 bridgehead atoms. The lowest BCUT2D eigenvalue weighted by molar-refractivity contribution is 0.192. The molecule has 0 fully saturated rings. The molecule has 1 aliphatic heterocycles. The summed E-state index contributed by atoms with van der Waals surface area (Å²) in [6.45, 7) is 11.6. The molecule has 0 spiro atoms. The van der Waals surface area contributed by atoms with Crippen LogP contribution in [-0.2, 0) is 0 Å². The first kappa shape index (κ1) is 22.9. The summed E-state index contributed by atoms with van der Waals surface area (Å²) in [4.78, 5) is 12.7. The van der Waals surface area contributed by atoms with Gasteiger partial charge in [-0.05, 0) is 71.4 Å². The Morgan fingerprint density at radius 1 is 0.914 bits per heavy atom. The number of ether oxygens (including phenoxy) is 2. The quantitative estimate of drug-likeness (QED) is 0.377. The van der Waals surface area contributed by atoms with Crippen molar-refractivity contribution < 1.29 is 19.0 Å². The summed E-state index contributed by atoms with van der Waals surface area (Å²) in [6, 6.07) is 12.4. The van der Waals surface area contributed by atoms with Gasteiger partial charge in [0.2, 0.25) is 17.1 Å². The van der Waals surface area contributed by atoms with Crippen LogP contribution in [-0.4, -0.2) is 26.4 Å². The molecule has 0 saturated heterocycles. The van der Waals surface area contributed by atoms with Gasteiger partial charge in [-0.2, -0.15) is 0 Å². The molecule has 7 nitrogen and oxygen atoms in total. The Bertz CT molecular complexity index is 1480. The number of nitrogens with zero attached hydrogens (tertiary/aromatic N) is 2. The van der Waals surface area contributed by atoms with Gasteiger partial charge in [0.25, 0.3) is 0 Å². The minimum Gasteiger partial charge on any atom is -0.504 e. The van der Waals surface area contributed by atoms with E-state index in [1.807, 2.05) is 45.9 Å². The number of aryl methyl sites for hydroxylation is 2. The lowest BCUT2D eigenvalue weighted by Crippen LogP contribution is -2.16. The molecule has 3 heterocycles. The van der Waals surface area contributed by atoms with Crippen molar-refractivity contribution >= 4 is 17.3 Å². The summed E-state index contributed by atoms with van der Waals surface area (Å²) in [5, 5.41) is 11.5. The zero-order chi connectivity index (χ0) is 25.0. The predicted molar refractivity (Wildman–Crippen MR) is 136 cm³/mol. The van der Waals surface area contributed by atoms with Crippen LogP contribution in [0.5, 0.6) is 17.2 Å². The molecule has 1 atom stereocenters. The Kier molecular flexibility index (Phi) is 5.50. The Morgan fingerprint density at radius 3 is 2.11 bits per heavy atom. The fourth-order valence-corrected chi connectivity index (χ4v) is 4.81. The van der Waals surface area contributed by atoms with Crippen molar-refractivity contribution in [2.45, 2.75) is 59.7 Å². The highest BCUT2D eigenvalue weighted by molar-refractivity contribution is 5.93. The maximum atomic E-state index is 12.7. The SMILES string of the molecule is Cc1ccc(C)n1-c1ccc(C2C=Cn3c(=O)oc4c(OC(C)C)c(OC(C)C)c(O)c2c43)cc1. The summed E-state index contributed by atoms with van der Waals surface area (Å²) >= 11 is 0. The van der Waals surface area contributed by atoms with Crippen molar-refractivity contribution in [3.63, 3.8) is 0 Å². The lowest BCUT2D eigenvalue weighted by Gasteiger charge is -2.25. The second-order valence-electron chi connectivity index (χ2n) is 9.53. The van der Waals surface area contributed by atoms with E-state index in [1.54, 1.807) is 6.20 Å². The Morgan fingerprint density at radius 2 is 1.51 bits per heavy atom. The van der Waals surface area contributed by atoms with Crippen molar-refractivity contribution in [3.8, 4) is 22.9 Å². The average Bonchev–Trinajstić information content (AvgIpc) is 3.32. The fraction of sp³-hybridized carbons (Fsp3) is 0.321. The molecule has 0 saturated carbocycles. The van der Waals surface area contributed by atoms with Gasteiger partial charge in [-0.25, -0.2) is 9.36 Å². The molecule has 1 N–H and O–H groups in total. The van der Waals surface area contributed by atoms with E-state index in [4.69, 9.17) is 13.9 Å². The molecule has 0 amide bonds. The van der Waals surface area contributed by atoms with Crippen molar-refractivity contribution in [3.05, 3.63) is 75.5 Å². The molecular weight excluding hydrogens is 444 g/mol. The van der Waals surface area contributed by atoms with Crippen LogP contribution < -0.4 is 15.2 Å². The number of benzene rings is 2. The number of hydrogen-bond donors (Lipinski definition) is 1. The highest BCUT2D eigenvalue weighted by Gasteiger charge is 2.34. The predicted octanol–water partition coefficient (Wildman–Crippen LogP) is 5.90. The third-order valence-corrected chi connectivity index (χ3v) is 6.21. The van der Waals surface area contributed by atoms with Gasteiger partial charge in [0.15, 0.2) is 5.75 Å². The first-order chi connectivity index (χ1) is 16.7. The van der Waals surface area contributed by atoms with E-state index in [9.17, 15) is 9.90 Å². The zero-order valence-electron chi connectivity index (χ0n) is 20.8. The second-order valence-corrected chi connectivity index (χ2v) is 9.53. The van der Waals surface area contributed by atoms with Gasteiger partial charge in [0, 0.05) is 34.8 Å². The molecule has 5 rings (SSSR count).